The molecule has 0 N–H and O–H groups in total. The Balaban J connectivity index is 1.88. The van der Waals surface area contributed by atoms with Crippen LogP contribution in [0.2, 0.25) is 0 Å². The molecule has 0 saturated heterocycles. The summed E-state index contributed by atoms with van der Waals surface area (Å²) in [7, 11) is 0. The van der Waals surface area contributed by atoms with Crippen molar-refractivity contribution in [1.82, 2.24) is 4.57 Å². The number of thiophene rings is 1. The van der Waals surface area contributed by atoms with Gasteiger partial charge in [0.2, 0.25) is 5.78 Å². The second-order valence-electron chi connectivity index (χ2n) is 3.85. The topological polar surface area (TPSA) is 65.4 Å². The van der Waals surface area contributed by atoms with Crippen LogP contribution < -0.4 is 5.56 Å². The number of Topliss-reactive ketones (excluding diaryl/α,β-unsaturated/α-hetero) is 1. The highest BCUT2D eigenvalue weighted by molar-refractivity contribution is 9.11. The number of nitrogens with zero attached hydrogens (tertiary/aromatic N) is 1. The van der Waals surface area contributed by atoms with E-state index in [0.717, 1.165) is 3.79 Å². The van der Waals surface area contributed by atoms with Gasteiger partial charge in [-0.25, -0.2) is 0 Å². The van der Waals surface area contributed by atoms with Gasteiger partial charge in [-0.05, 0) is 34.1 Å². The van der Waals surface area contributed by atoms with Gasteiger partial charge in [0, 0.05) is 12.3 Å². The lowest BCUT2D eigenvalue weighted by atomic mass is 10.3. The second kappa shape index (κ2) is 6.62. The highest BCUT2D eigenvalue weighted by Crippen LogP contribution is 2.22. The molecule has 0 atom stereocenters. The molecule has 2 aromatic heterocycles. The molecular formula is C13H10BrNO4S. The minimum atomic E-state index is -0.623. The molecule has 0 bridgehead atoms. The molecule has 0 fully saturated rings. The smallest absolute Gasteiger partial charge is 0.326 e. The van der Waals surface area contributed by atoms with E-state index in [2.05, 4.69) is 15.9 Å². The van der Waals surface area contributed by atoms with Crippen molar-refractivity contribution in [2.75, 3.05) is 6.61 Å². The average Bonchev–Trinajstić information content (AvgIpc) is 2.85. The first-order chi connectivity index (χ1) is 9.56. The predicted molar refractivity (Wildman–Crippen MR) is 78.0 cm³/mol. The largest absolute Gasteiger partial charge is 0.456 e. The normalized spacial score (nSPS) is 10.2. The summed E-state index contributed by atoms with van der Waals surface area (Å²) in [6.07, 6.45) is 1.49. The van der Waals surface area contributed by atoms with Crippen molar-refractivity contribution < 1.29 is 14.3 Å². The van der Waals surface area contributed by atoms with Gasteiger partial charge in [0.25, 0.3) is 5.56 Å². The molecule has 0 aliphatic heterocycles. The minimum Gasteiger partial charge on any atom is -0.456 e. The zero-order valence-corrected chi connectivity index (χ0v) is 12.6. The minimum absolute atomic E-state index is 0.207. The number of rotatable bonds is 5. The molecule has 0 aliphatic rings. The van der Waals surface area contributed by atoms with E-state index in [1.54, 1.807) is 24.3 Å². The van der Waals surface area contributed by atoms with E-state index in [1.807, 2.05) is 0 Å². The van der Waals surface area contributed by atoms with Crippen LogP contribution in [0.5, 0.6) is 0 Å². The van der Waals surface area contributed by atoms with Crippen LogP contribution >= 0.6 is 27.3 Å². The quantitative estimate of drug-likeness (QED) is 0.608. The fourth-order valence-corrected chi connectivity index (χ4v) is 2.77. The van der Waals surface area contributed by atoms with Gasteiger partial charge < -0.3 is 9.30 Å². The Bertz CT molecular complexity index is 691. The van der Waals surface area contributed by atoms with Crippen molar-refractivity contribution in [3.8, 4) is 0 Å². The lowest BCUT2D eigenvalue weighted by Crippen LogP contribution is -2.25. The highest BCUT2D eigenvalue weighted by atomic mass is 79.9. The van der Waals surface area contributed by atoms with Gasteiger partial charge in [0.1, 0.15) is 6.54 Å². The number of hydrogen-bond acceptors (Lipinski definition) is 5. The third-order valence-electron chi connectivity index (χ3n) is 2.41. The first-order valence-electron chi connectivity index (χ1n) is 5.66. The van der Waals surface area contributed by atoms with Crippen molar-refractivity contribution in [2.24, 2.45) is 0 Å². The Labute approximate surface area is 126 Å². The van der Waals surface area contributed by atoms with Gasteiger partial charge in [0.15, 0.2) is 6.61 Å². The zero-order chi connectivity index (χ0) is 14.5. The first kappa shape index (κ1) is 14.7. The fourth-order valence-electron chi connectivity index (χ4n) is 1.46. The lowest BCUT2D eigenvalue weighted by molar-refractivity contribution is -0.143. The van der Waals surface area contributed by atoms with Gasteiger partial charge in [-0.15, -0.1) is 11.3 Å². The van der Waals surface area contributed by atoms with Crippen LogP contribution in [0.15, 0.2) is 45.1 Å². The number of ketones is 1. The molecule has 2 heterocycles. The standard InChI is InChI=1S/C13H10BrNO4S/c14-11-5-4-10(20-11)9(16)8-19-13(18)7-15-6-2-1-3-12(15)17/h1-6H,7-8H2. The van der Waals surface area contributed by atoms with Crippen LogP contribution in [-0.2, 0) is 16.1 Å². The Morgan fingerprint density at radius 3 is 2.70 bits per heavy atom. The van der Waals surface area contributed by atoms with Crippen LogP contribution in [0, 0.1) is 0 Å². The predicted octanol–water partition coefficient (Wildman–Crippen LogP) is 2.10. The van der Waals surface area contributed by atoms with Crippen molar-refractivity contribution >= 4 is 39.0 Å². The van der Waals surface area contributed by atoms with E-state index in [0.29, 0.717) is 4.88 Å². The molecular weight excluding hydrogens is 346 g/mol. The molecule has 20 heavy (non-hydrogen) atoms. The van der Waals surface area contributed by atoms with Gasteiger partial charge in [-0.2, -0.15) is 0 Å². The maximum Gasteiger partial charge on any atom is 0.326 e. The zero-order valence-electron chi connectivity index (χ0n) is 10.2. The second-order valence-corrected chi connectivity index (χ2v) is 6.32. The summed E-state index contributed by atoms with van der Waals surface area (Å²) in [5.41, 5.74) is -0.294. The summed E-state index contributed by atoms with van der Waals surface area (Å²) in [6, 6.07) is 7.99. The summed E-state index contributed by atoms with van der Waals surface area (Å²) in [5, 5.41) is 0. The number of esters is 1. The third kappa shape index (κ3) is 3.88. The van der Waals surface area contributed by atoms with E-state index >= 15 is 0 Å². The fraction of sp³-hybridized carbons (Fsp3) is 0.154. The van der Waals surface area contributed by atoms with E-state index in [4.69, 9.17) is 4.74 Å². The molecule has 0 aliphatic carbocycles. The maximum atomic E-state index is 11.7. The Morgan fingerprint density at radius 1 is 1.25 bits per heavy atom. The Hall–Kier alpha value is -1.73. The van der Waals surface area contributed by atoms with Gasteiger partial charge in [0.05, 0.1) is 8.66 Å². The monoisotopic (exact) mass is 355 g/mol. The van der Waals surface area contributed by atoms with Crippen molar-refractivity contribution in [1.29, 1.82) is 0 Å². The summed E-state index contributed by atoms with van der Waals surface area (Å²) < 4.78 is 6.92. The highest BCUT2D eigenvalue weighted by Gasteiger charge is 2.12. The average molecular weight is 356 g/mol. The van der Waals surface area contributed by atoms with Crippen LogP contribution in [0.4, 0.5) is 0 Å². The van der Waals surface area contributed by atoms with Crippen LogP contribution in [0.3, 0.4) is 0 Å². The number of pyridine rings is 1. The van der Waals surface area contributed by atoms with E-state index in [9.17, 15) is 14.4 Å². The van der Waals surface area contributed by atoms with Crippen molar-refractivity contribution in [2.45, 2.75) is 6.54 Å². The van der Waals surface area contributed by atoms with E-state index in [-0.39, 0.29) is 24.5 Å². The first-order valence-corrected chi connectivity index (χ1v) is 7.27. The molecule has 2 rings (SSSR count). The van der Waals surface area contributed by atoms with Gasteiger partial charge in [-0.1, -0.05) is 6.07 Å². The number of aromatic nitrogens is 1. The lowest BCUT2D eigenvalue weighted by Gasteiger charge is -2.05. The number of halogens is 1. The summed E-state index contributed by atoms with van der Waals surface area (Å²) in [5.74, 6) is -0.892. The third-order valence-corrected chi connectivity index (χ3v) is 4.08. The molecule has 7 heteroatoms. The molecule has 0 spiro atoms. The molecule has 0 amide bonds. The molecule has 0 aromatic carbocycles. The Morgan fingerprint density at radius 2 is 2.05 bits per heavy atom. The molecule has 0 saturated carbocycles. The molecule has 0 unspecified atom stereocenters. The number of carbonyl (C=O) groups is 2. The van der Waals surface area contributed by atoms with Crippen LogP contribution in [0.1, 0.15) is 9.67 Å². The van der Waals surface area contributed by atoms with Gasteiger partial charge >= 0.3 is 5.97 Å². The van der Waals surface area contributed by atoms with Crippen LogP contribution in [-0.4, -0.2) is 22.9 Å². The molecule has 5 nitrogen and oxygen atoms in total. The molecule has 2 aromatic rings. The van der Waals surface area contributed by atoms with E-state index < -0.39 is 5.97 Å². The van der Waals surface area contributed by atoms with Crippen molar-refractivity contribution in [3.05, 3.63) is 55.5 Å². The number of carbonyl (C=O) groups excluding carboxylic acids is 2. The summed E-state index contributed by atoms with van der Waals surface area (Å²) in [4.78, 5) is 35.2. The summed E-state index contributed by atoms with van der Waals surface area (Å²) in [6.45, 7) is -0.533. The van der Waals surface area contributed by atoms with Gasteiger partial charge in [-0.3, -0.25) is 14.4 Å². The SMILES string of the molecule is O=C(Cn1ccccc1=O)OCC(=O)c1ccc(Br)s1. The summed E-state index contributed by atoms with van der Waals surface area (Å²) >= 11 is 4.53. The molecule has 0 radical (unpaired) electrons. The van der Waals surface area contributed by atoms with E-state index in [1.165, 1.54) is 28.2 Å². The Kier molecular flexibility index (Phi) is 4.86. The van der Waals surface area contributed by atoms with Crippen LogP contribution in [0.25, 0.3) is 0 Å². The maximum absolute atomic E-state index is 11.7. The number of ether oxygens (including phenoxy) is 1. The van der Waals surface area contributed by atoms with Crippen molar-refractivity contribution in [3.63, 3.8) is 0 Å². The molecule has 104 valence electrons. The number of hydrogen-bond donors (Lipinski definition) is 0.